The van der Waals surface area contributed by atoms with Gasteiger partial charge in [0.2, 0.25) is 0 Å². The van der Waals surface area contributed by atoms with E-state index >= 15 is 0 Å². The number of hydrogen-bond donors (Lipinski definition) is 0. The van der Waals surface area contributed by atoms with Crippen LogP contribution < -0.4 is 0 Å². The average Bonchev–Trinajstić information content (AvgIpc) is 2.18. The second-order valence-electron chi connectivity index (χ2n) is 2.84. The van der Waals surface area contributed by atoms with Gasteiger partial charge < -0.3 is 9.69 Å². The van der Waals surface area contributed by atoms with Crippen molar-refractivity contribution in [2.75, 3.05) is 20.1 Å². The lowest BCUT2D eigenvalue weighted by Gasteiger charge is -2.15. The fourth-order valence-electron chi connectivity index (χ4n) is 1.07. The highest BCUT2D eigenvalue weighted by Gasteiger charge is 2.13. The Morgan fingerprint density at radius 2 is 2.54 bits per heavy atom. The Balaban J connectivity index is 2.60. The van der Waals surface area contributed by atoms with Gasteiger partial charge in [-0.2, -0.15) is 0 Å². The van der Waals surface area contributed by atoms with E-state index in [2.05, 4.69) is 4.99 Å². The number of aliphatic imine (C=N–C) groups is 1. The van der Waals surface area contributed by atoms with E-state index in [1.807, 2.05) is 6.08 Å². The molecule has 70 valence electrons. The van der Waals surface area contributed by atoms with Crippen molar-refractivity contribution >= 4 is 18.4 Å². The third-order valence-electron chi connectivity index (χ3n) is 1.79. The molecule has 0 aromatic rings. The number of carbonyl (C=O) groups is 2. The molecule has 1 heterocycles. The molecule has 0 saturated heterocycles. The van der Waals surface area contributed by atoms with Crippen molar-refractivity contribution in [2.45, 2.75) is 6.42 Å². The zero-order valence-electron chi connectivity index (χ0n) is 7.56. The Kier molecular flexibility index (Phi) is 3.37. The Morgan fingerprint density at radius 3 is 3.08 bits per heavy atom. The Labute approximate surface area is 76.9 Å². The molecule has 0 atom stereocenters. The number of dihydropyridines is 1. The molecule has 1 aliphatic rings. The monoisotopic (exact) mass is 180 g/mol. The number of amides is 1. The fourth-order valence-corrected chi connectivity index (χ4v) is 1.07. The minimum Gasteiger partial charge on any atom is -0.335 e. The summed E-state index contributed by atoms with van der Waals surface area (Å²) in [5.74, 6) is -0.143. The van der Waals surface area contributed by atoms with Crippen LogP contribution in [0.4, 0.5) is 0 Å². The lowest BCUT2D eigenvalue weighted by molar-refractivity contribution is -0.127. The average molecular weight is 180 g/mol. The smallest absolute Gasteiger partial charge is 0.255 e. The molecule has 1 aliphatic heterocycles. The van der Waals surface area contributed by atoms with Gasteiger partial charge in [-0.25, -0.2) is 0 Å². The first-order chi connectivity index (χ1) is 6.25. The van der Waals surface area contributed by atoms with Crippen LogP contribution in [0.2, 0.25) is 0 Å². The predicted molar refractivity (Wildman–Crippen MR) is 49.8 cm³/mol. The number of carbonyl (C=O) groups excluding carboxylic acids is 2. The molecule has 0 fully saturated rings. The molecular formula is C9H12N2O2. The summed E-state index contributed by atoms with van der Waals surface area (Å²) in [5, 5.41) is 0. The molecule has 4 nitrogen and oxygen atoms in total. The number of aldehydes is 1. The molecule has 0 radical (unpaired) electrons. The van der Waals surface area contributed by atoms with Crippen molar-refractivity contribution in [3.8, 4) is 0 Å². The normalized spacial score (nSPS) is 15.0. The van der Waals surface area contributed by atoms with Gasteiger partial charge in [-0.3, -0.25) is 9.79 Å². The molecule has 0 saturated carbocycles. The molecule has 0 aromatic heterocycles. The zero-order chi connectivity index (χ0) is 9.68. The van der Waals surface area contributed by atoms with Crippen LogP contribution in [0.5, 0.6) is 0 Å². The topological polar surface area (TPSA) is 49.7 Å². The van der Waals surface area contributed by atoms with Crippen LogP contribution >= 0.6 is 0 Å². The van der Waals surface area contributed by atoms with Gasteiger partial charge in [-0.1, -0.05) is 6.08 Å². The van der Waals surface area contributed by atoms with Crippen LogP contribution in [0.25, 0.3) is 0 Å². The SMILES string of the molecule is CN(CC=O)C(=O)C1=CCCN=C1. The standard InChI is InChI=1S/C9H12N2O2/c1-11(5-6-12)9(13)8-3-2-4-10-7-8/h3,6-7H,2,4-5H2,1H3. The highest BCUT2D eigenvalue weighted by molar-refractivity contribution is 6.12. The summed E-state index contributed by atoms with van der Waals surface area (Å²) >= 11 is 0. The van der Waals surface area contributed by atoms with E-state index in [0.29, 0.717) is 11.9 Å². The number of hydrogen-bond acceptors (Lipinski definition) is 3. The number of rotatable bonds is 3. The molecule has 0 unspecified atom stereocenters. The second kappa shape index (κ2) is 4.54. The maximum Gasteiger partial charge on any atom is 0.255 e. The van der Waals surface area contributed by atoms with E-state index < -0.39 is 0 Å². The van der Waals surface area contributed by atoms with Gasteiger partial charge in [0.15, 0.2) is 0 Å². The van der Waals surface area contributed by atoms with E-state index in [9.17, 15) is 9.59 Å². The highest BCUT2D eigenvalue weighted by atomic mass is 16.2. The summed E-state index contributed by atoms with van der Waals surface area (Å²) in [6.45, 7) is 0.873. The summed E-state index contributed by atoms with van der Waals surface area (Å²) in [5.41, 5.74) is 0.579. The number of likely N-dealkylation sites (N-methyl/N-ethyl adjacent to an activating group) is 1. The molecule has 0 spiro atoms. The summed E-state index contributed by atoms with van der Waals surface area (Å²) in [4.78, 5) is 27.0. The van der Waals surface area contributed by atoms with E-state index in [-0.39, 0.29) is 12.5 Å². The summed E-state index contributed by atoms with van der Waals surface area (Å²) in [7, 11) is 1.60. The molecule has 1 amide bonds. The van der Waals surface area contributed by atoms with Crippen LogP contribution in [-0.2, 0) is 9.59 Å². The Hall–Kier alpha value is -1.45. The zero-order valence-corrected chi connectivity index (χ0v) is 7.56. The Bertz CT molecular complexity index is 269. The van der Waals surface area contributed by atoms with E-state index in [1.165, 1.54) is 4.90 Å². The largest absolute Gasteiger partial charge is 0.335 e. The van der Waals surface area contributed by atoms with Gasteiger partial charge >= 0.3 is 0 Å². The molecule has 4 heteroatoms. The van der Waals surface area contributed by atoms with Gasteiger partial charge in [-0.15, -0.1) is 0 Å². The fraction of sp³-hybridized carbons (Fsp3) is 0.444. The van der Waals surface area contributed by atoms with Gasteiger partial charge in [-0.05, 0) is 6.42 Å². The molecule has 0 aliphatic carbocycles. The minimum absolute atomic E-state index is 0.129. The maximum atomic E-state index is 11.5. The van der Waals surface area contributed by atoms with Gasteiger partial charge in [0.25, 0.3) is 5.91 Å². The lowest BCUT2D eigenvalue weighted by atomic mass is 10.2. The predicted octanol–water partition coefficient (Wildman–Crippen LogP) is 0.0446. The third-order valence-corrected chi connectivity index (χ3v) is 1.79. The van der Waals surface area contributed by atoms with E-state index in [0.717, 1.165) is 13.0 Å². The highest BCUT2D eigenvalue weighted by Crippen LogP contribution is 2.03. The van der Waals surface area contributed by atoms with Crippen molar-refractivity contribution in [3.05, 3.63) is 11.6 Å². The van der Waals surface area contributed by atoms with Gasteiger partial charge in [0.05, 0.1) is 12.1 Å². The minimum atomic E-state index is -0.143. The summed E-state index contributed by atoms with van der Waals surface area (Å²) < 4.78 is 0. The third kappa shape index (κ3) is 2.50. The van der Waals surface area contributed by atoms with Crippen molar-refractivity contribution in [1.82, 2.24) is 4.90 Å². The molecule has 13 heavy (non-hydrogen) atoms. The van der Waals surface area contributed by atoms with E-state index in [4.69, 9.17) is 0 Å². The first-order valence-electron chi connectivity index (χ1n) is 4.15. The van der Waals surface area contributed by atoms with E-state index in [1.54, 1.807) is 13.3 Å². The maximum absolute atomic E-state index is 11.5. The summed E-state index contributed by atoms with van der Waals surface area (Å²) in [6.07, 6.45) is 4.91. The van der Waals surface area contributed by atoms with Crippen molar-refractivity contribution < 1.29 is 9.59 Å². The molecular weight excluding hydrogens is 168 g/mol. The molecule has 0 aromatic carbocycles. The van der Waals surface area contributed by atoms with Crippen LogP contribution in [0.3, 0.4) is 0 Å². The number of nitrogens with zero attached hydrogens (tertiary/aromatic N) is 2. The van der Waals surface area contributed by atoms with Crippen LogP contribution in [0.15, 0.2) is 16.6 Å². The first kappa shape index (κ1) is 9.64. The van der Waals surface area contributed by atoms with Crippen LogP contribution in [0, 0.1) is 0 Å². The van der Waals surface area contributed by atoms with Crippen molar-refractivity contribution in [3.63, 3.8) is 0 Å². The van der Waals surface area contributed by atoms with Crippen LogP contribution in [-0.4, -0.2) is 43.4 Å². The van der Waals surface area contributed by atoms with Crippen molar-refractivity contribution in [2.24, 2.45) is 4.99 Å². The second-order valence-corrected chi connectivity index (χ2v) is 2.84. The lowest BCUT2D eigenvalue weighted by Crippen LogP contribution is -2.30. The van der Waals surface area contributed by atoms with Gasteiger partial charge in [0.1, 0.15) is 6.29 Å². The van der Waals surface area contributed by atoms with Crippen molar-refractivity contribution in [1.29, 1.82) is 0 Å². The summed E-state index contributed by atoms with van der Waals surface area (Å²) in [6, 6.07) is 0. The first-order valence-corrected chi connectivity index (χ1v) is 4.15. The molecule has 0 N–H and O–H groups in total. The molecule has 0 bridgehead atoms. The quantitative estimate of drug-likeness (QED) is 0.576. The van der Waals surface area contributed by atoms with Crippen LogP contribution in [0.1, 0.15) is 6.42 Å². The van der Waals surface area contributed by atoms with Gasteiger partial charge in [0, 0.05) is 19.8 Å². The molecule has 1 rings (SSSR count). The Morgan fingerprint density at radius 1 is 1.77 bits per heavy atom.